The molecule has 0 bridgehead atoms. The summed E-state index contributed by atoms with van der Waals surface area (Å²) in [6.07, 6.45) is 1.76. The molecule has 0 radical (unpaired) electrons. The Hall–Kier alpha value is -1.81. The molecule has 0 aromatic heterocycles. The maximum absolute atomic E-state index is 12.3. The van der Waals surface area contributed by atoms with Crippen LogP contribution in [0.15, 0.2) is 0 Å². The molecule has 0 spiro atoms. The molecule has 0 aromatic carbocycles. The first-order chi connectivity index (χ1) is 11.6. The summed E-state index contributed by atoms with van der Waals surface area (Å²) in [7, 11) is 0. The van der Waals surface area contributed by atoms with E-state index in [-0.39, 0.29) is 18.8 Å². The van der Waals surface area contributed by atoms with Crippen LogP contribution in [0.2, 0.25) is 0 Å². The first kappa shape index (κ1) is 23.2. The minimum Gasteiger partial charge on any atom is -0.481 e. The molecule has 0 fully saturated rings. The molecule has 0 aliphatic heterocycles. The third-order valence-electron chi connectivity index (χ3n) is 3.48. The van der Waals surface area contributed by atoms with Gasteiger partial charge >= 0.3 is 11.9 Å². The fourth-order valence-corrected chi connectivity index (χ4v) is 2.45. The minimum absolute atomic E-state index is 0.160. The van der Waals surface area contributed by atoms with Gasteiger partial charge in [-0.1, -0.05) is 13.8 Å². The lowest BCUT2D eigenvalue weighted by atomic mass is 10.0. The molecule has 144 valence electrons. The van der Waals surface area contributed by atoms with Gasteiger partial charge in [-0.15, -0.1) is 0 Å². The standard InChI is InChI=1S/C15H27N3O6S/c1-8(2)12(15(23)24)18-14(22)10(4-5-11(19)20)17-13(21)9(16)6-7-25-3/h8-10,12H,4-7,16H2,1-3H3,(H,17,21)(H,18,22)(H,19,20)(H,23,24). The van der Waals surface area contributed by atoms with E-state index in [1.165, 1.54) is 11.8 Å². The van der Waals surface area contributed by atoms with E-state index in [0.29, 0.717) is 12.2 Å². The van der Waals surface area contributed by atoms with Crippen LogP contribution in [0.3, 0.4) is 0 Å². The number of thioether (sulfide) groups is 1. The molecule has 0 aliphatic rings. The lowest BCUT2D eigenvalue weighted by molar-refractivity contribution is -0.144. The number of aliphatic carboxylic acids is 2. The maximum atomic E-state index is 12.3. The average Bonchev–Trinajstić information content (AvgIpc) is 2.52. The van der Waals surface area contributed by atoms with E-state index in [0.717, 1.165) is 0 Å². The van der Waals surface area contributed by atoms with Gasteiger partial charge in [0, 0.05) is 6.42 Å². The van der Waals surface area contributed by atoms with Gasteiger partial charge in [-0.05, 0) is 30.8 Å². The highest BCUT2D eigenvalue weighted by Gasteiger charge is 2.29. The van der Waals surface area contributed by atoms with Crippen molar-refractivity contribution >= 4 is 35.5 Å². The second-order valence-corrected chi connectivity index (χ2v) is 6.94. The minimum atomic E-state index is -1.21. The summed E-state index contributed by atoms with van der Waals surface area (Å²) in [6, 6.07) is -3.13. The molecular weight excluding hydrogens is 350 g/mol. The highest BCUT2D eigenvalue weighted by molar-refractivity contribution is 7.98. The van der Waals surface area contributed by atoms with E-state index < -0.39 is 41.9 Å². The SMILES string of the molecule is CSCCC(N)C(=O)NC(CCC(=O)O)C(=O)NC(C(=O)O)C(C)C. The van der Waals surface area contributed by atoms with E-state index >= 15 is 0 Å². The van der Waals surface area contributed by atoms with Gasteiger partial charge in [0.15, 0.2) is 0 Å². The molecule has 0 heterocycles. The van der Waals surface area contributed by atoms with Crippen LogP contribution in [-0.4, -0.2) is 64.1 Å². The summed E-state index contributed by atoms with van der Waals surface area (Å²) in [4.78, 5) is 46.3. The second kappa shape index (κ2) is 11.7. The Morgan fingerprint density at radius 1 is 1.04 bits per heavy atom. The van der Waals surface area contributed by atoms with Crippen LogP contribution in [0.1, 0.15) is 33.1 Å². The molecule has 6 N–H and O–H groups in total. The van der Waals surface area contributed by atoms with Gasteiger partial charge in [0.1, 0.15) is 12.1 Å². The van der Waals surface area contributed by atoms with Crippen molar-refractivity contribution in [1.82, 2.24) is 10.6 Å². The lowest BCUT2D eigenvalue weighted by Gasteiger charge is -2.24. The van der Waals surface area contributed by atoms with Crippen molar-refractivity contribution in [2.45, 2.75) is 51.2 Å². The van der Waals surface area contributed by atoms with Crippen molar-refractivity contribution in [3.8, 4) is 0 Å². The van der Waals surface area contributed by atoms with Gasteiger partial charge in [-0.3, -0.25) is 14.4 Å². The van der Waals surface area contributed by atoms with Gasteiger partial charge in [0.25, 0.3) is 0 Å². The highest BCUT2D eigenvalue weighted by atomic mass is 32.2. The van der Waals surface area contributed by atoms with Gasteiger partial charge in [0.05, 0.1) is 6.04 Å². The second-order valence-electron chi connectivity index (χ2n) is 5.95. The Morgan fingerprint density at radius 2 is 1.64 bits per heavy atom. The fraction of sp³-hybridized carbons (Fsp3) is 0.733. The summed E-state index contributed by atoms with van der Waals surface area (Å²) in [5.74, 6) is -3.36. The van der Waals surface area contributed by atoms with Gasteiger partial charge < -0.3 is 26.6 Å². The first-order valence-corrected chi connectivity index (χ1v) is 9.29. The van der Waals surface area contributed by atoms with Crippen molar-refractivity contribution in [2.75, 3.05) is 12.0 Å². The van der Waals surface area contributed by atoms with E-state index in [1.54, 1.807) is 13.8 Å². The number of hydrogen-bond acceptors (Lipinski definition) is 6. The predicted octanol–water partition coefficient (Wildman–Crippen LogP) is -0.358. The number of amides is 2. The monoisotopic (exact) mass is 377 g/mol. The van der Waals surface area contributed by atoms with E-state index in [4.69, 9.17) is 15.9 Å². The molecular formula is C15H27N3O6S. The predicted molar refractivity (Wildman–Crippen MR) is 94.2 cm³/mol. The molecule has 25 heavy (non-hydrogen) atoms. The molecule has 3 atom stereocenters. The van der Waals surface area contributed by atoms with Crippen LogP contribution in [-0.2, 0) is 19.2 Å². The Bertz CT molecular complexity index is 486. The number of hydrogen-bond donors (Lipinski definition) is 5. The average molecular weight is 377 g/mol. The molecule has 10 heteroatoms. The maximum Gasteiger partial charge on any atom is 0.326 e. The molecule has 0 saturated heterocycles. The van der Waals surface area contributed by atoms with Crippen LogP contribution < -0.4 is 16.4 Å². The molecule has 0 aromatic rings. The van der Waals surface area contributed by atoms with Crippen molar-refractivity contribution in [1.29, 1.82) is 0 Å². The quantitative estimate of drug-likeness (QED) is 0.308. The van der Waals surface area contributed by atoms with Crippen LogP contribution in [0.25, 0.3) is 0 Å². The molecule has 0 rings (SSSR count). The normalized spacial score (nSPS) is 14.4. The number of carboxylic acid groups (broad SMARTS) is 2. The van der Waals surface area contributed by atoms with Crippen LogP contribution in [0.4, 0.5) is 0 Å². The Labute approximate surface area is 151 Å². The fourth-order valence-electron chi connectivity index (χ4n) is 1.96. The molecule has 0 saturated carbocycles. The topological polar surface area (TPSA) is 159 Å². The summed E-state index contributed by atoms with van der Waals surface area (Å²) in [6.45, 7) is 3.25. The van der Waals surface area contributed by atoms with Gasteiger partial charge in [-0.2, -0.15) is 11.8 Å². The molecule has 9 nitrogen and oxygen atoms in total. The smallest absolute Gasteiger partial charge is 0.326 e. The van der Waals surface area contributed by atoms with Crippen molar-refractivity contribution < 1.29 is 29.4 Å². The van der Waals surface area contributed by atoms with E-state index in [2.05, 4.69) is 10.6 Å². The number of carbonyl (C=O) groups excluding carboxylic acids is 2. The Kier molecular flexibility index (Phi) is 10.8. The zero-order valence-corrected chi connectivity index (χ0v) is 15.5. The van der Waals surface area contributed by atoms with Crippen LogP contribution in [0.5, 0.6) is 0 Å². The first-order valence-electron chi connectivity index (χ1n) is 7.90. The van der Waals surface area contributed by atoms with Crippen molar-refractivity contribution in [3.63, 3.8) is 0 Å². The number of carboxylic acids is 2. The summed E-state index contributed by atoms with van der Waals surface area (Å²) >= 11 is 1.52. The number of carbonyl (C=O) groups is 4. The summed E-state index contributed by atoms with van der Waals surface area (Å²) in [5, 5.41) is 22.7. The zero-order valence-electron chi connectivity index (χ0n) is 14.7. The zero-order chi connectivity index (χ0) is 19.6. The van der Waals surface area contributed by atoms with Crippen LogP contribution in [0, 0.1) is 5.92 Å². The van der Waals surface area contributed by atoms with Gasteiger partial charge in [0.2, 0.25) is 11.8 Å². The van der Waals surface area contributed by atoms with E-state index in [1.807, 2.05) is 6.26 Å². The van der Waals surface area contributed by atoms with Crippen LogP contribution >= 0.6 is 11.8 Å². The molecule has 0 aliphatic carbocycles. The summed E-state index contributed by atoms with van der Waals surface area (Å²) < 4.78 is 0. The number of nitrogens with one attached hydrogen (secondary N) is 2. The highest BCUT2D eigenvalue weighted by Crippen LogP contribution is 2.06. The van der Waals surface area contributed by atoms with Crippen molar-refractivity contribution in [3.05, 3.63) is 0 Å². The lowest BCUT2D eigenvalue weighted by Crippen LogP contribution is -2.55. The third-order valence-corrected chi connectivity index (χ3v) is 4.12. The van der Waals surface area contributed by atoms with E-state index in [9.17, 15) is 19.2 Å². The summed E-state index contributed by atoms with van der Waals surface area (Å²) in [5.41, 5.74) is 5.74. The number of nitrogens with two attached hydrogens (primary N) is 1. The Balaban J connectivity index is 5.01. The Morgan fingerprint density at radius 3 is 2.08 bits per heavy atom. The molecule has 2 amide bonds. The van der Waals surface area contributed by atoms with Crippen molar-refractivity contribution in [2.24, 2.45) is 11.7 Å². The molecule has 3 unspecified atom stereocenters. The van der Waals surface area contributed by atoms with Gasteiger partial charge in [-0.25, -0.2) is 4.79 Å². The number of rotatable bonds is 12. The third kappa shape index (κ3) is 9.30. The largest absolute Gasteiger partial charge is 0.481 e.